The van der Waals surface area contributed by atoms with Gasteiger partial charge in [0.15, 0.2) is 17.1 Å². The van der Waals surface area contributed by atoms with Crippen molar-refractivity contribution in [2.24, 2.45) is 5.92 Å². The molecule has 7 heteroatoms. The molecule has 1 spiro atoms. The van der Waals surface area contributed by atoms with Crippen molar-refractivity contribution in [2.75, 3.05) is 13.2 Å². The Morgan fingerprint density at radius 3 is 3.00 bits per heavy atom. The average molecular weight is 299 g/mol. The normalized spacial score (nSPS) is 27.5. The maximum atomic E-state index is 5.89. The lowest BCUT2D eigenvalue weighted by Gasteiger charge is -2.21. The molecule has 0 radical (unpaired) electrons. The van der Waals surface area contributed by atoms with Crippen LogP contribution in [0.15, 0.2) is 18.5 Å². The van der Waals surface area contributed by atoms with E-state index in [1.807, 2.05) is 12.3 Å². The van der Waals surface area contributed by atoms with Gasteiger partial charge in [-0.25, -0.2) is 4.98 Å². The molecule has 2 fully saturated rings. The van der Waals surface area contributed by atoms with Crippen molar-refractivity contribution in [3.63, 3.8) is 0 Å². The predicted molar refractivity (Wildman–Crippen MR) is 78.4 cm³/mol. The summed E-state index contributed by atoms with van der Waals surface area (Å²) in [6.45, 7) is 3.61. The molecule has 7 nitrogen and oxygen atoms in total. The van der Waals surface area contributed by atoms with Gasteiger partial charge in [-0.3, -0.25) is 4.40 Å². The van der Waals surface area contributed by atoms with E-state index in [1.54, 1.807) is 6.20 Å². The Kier molecular flexibility index (Phi) is 2.43. The minimum absolute atomic E-state index is 0.272. The van der Waals surface area contributed by atoms with E-state index in [1.165, 1.54) is 0 Å². The molecular weight excluding hydrogens is 282 g/mol. The first kappa shape index (κ1) is 12.5. The number of ether oxygens (including phenoxy) is 2. The van der Waals surface area contributed by atoms with Gasteiger partial charge >= 0.3 is 0 Å². The van der Waals surface area contributed by atoms with E-state index in [9.17, 15) is 0 Å². The summed E-state index contributed by atoms with van der Waals surface area (Å²) in [5, 5.41) is 8.76. The summed E-state index contributed by atoms with van der Waals surface area (Å²) >= 11 is 0. The minimum atomic E-state index is -0.416. The Morgan fingerprint density at radius 1 is 1.27 bits per heavy atom. The Balaban J connectivity index is 1.66. The van der Waals surface area contributed by atoms with Gasteiger partial charge in [0.1, 0.15) is 5.82 Å². The van der Waals surface area contributed by atoms with Gasteiger partial charge in [0.2, 0.25) is 0 Å². The third kappa shape index (κ3) is 1.60. The molecule has 2 atom stereocenters. The highest BCUT2D eigenvalue weighted by atomic mass is 16.7. The van der Waals surface area contributed by atoms with Crippen LogP contribution in [0.3, 0.4) is 0 Å². The summed E-state index contributed by atoms with van der Waals surface area (Å²) in [4.78, 5) is 7.51. The number of fused-ring (bicyclic) bond motifs is 3. The second-order valence-corrected chi connectivity index (χ2v) is 6.32. The molecule has 0 aromatic carbocycles. The summed E-state index contributed by atoms with van der Waals surface area (Å²) < 4.78 is 13.9. The SMILES string of the molecule is C[C@@H]1CC2(C[C@@H]1c1nnc3cnc4[nH]ccc4n13)OCCO2. The van der Waals surface area contributed by atoms with Crippen LogP contribution in [0, 0.1) is 5.92 Å². The van der Waals surface area contributed by atoms with Crippen molar-refractivity contribution in [1.82, 2.24) is 24.6 Å². The van der Waals surface area contributed by atoms with Crippen LogP contribution in [-0.2, 0) is 9.47 Å². The van der Waals surface area contributed by atoms with Gasteiger partial charge in [-0.1, -0.05) is 6.92 Å². The molecule has 0 unspecified atom stereocenters. The molecule has 2 aliphatic rings. The van der Waals surface area contributed by atoms with Gasteiger partial charge in [0.25, 0.3) is 0 Å². The Hall–Kier alpha value is -1.99. The summed E-state index contributed by atoms with van der Waals surface area (Å²) in [6, 6.07) is 2.01. The minimum Gasteiger partial charge on any atom is -0.348 e. The Bertz CT molecular complexity index is 848. The second kappa shape index (κ2) is 4.27. The van der Waals surface area contributed by atoms with Crippen molar-refractivity contribution >= 4 is 16.8 Å². The highest BCUT2D eigenvalue weighted by Crippen LogP contribution is 2.48. The Morgan fingerprint density at radius 2 is 2.14 bits per heavy atom. The lowest BCUT2D eigenvalue weighted by molar-refractivity contribution is -0.152. The fraction of sp³-hybridized carbons (Fsp3) is 0.533. The number of H-pyrrole nitrogens is 1. The molecule has 114 valence electrons. The van der Waals surface area contributed by atoms with Crippen LogP contribution in [-0.4, -0.2) is 43.6 Å². The third-order valence-electron chi connectivity index (χ3n) is 4.96. The lowest BCUT2D eigenvalue weighted by Crippen LogP contribution is -2.26. The van der Waals surface area contributed by atoms with Crippen LogP contribution in [0.25, 0.3) is 16.8 Å². The van der Waals surface area contributed by atoms with Crippen LogP contribution in [0.4, 0.5) is 0 Å². The van der Waals surface area contributed by atoms with Crippen LogP contribution in [0.2, 0.25) is 0 Å². The van der Waals surface area contributed by atoms with E-state index in [-0.39, 0.29) is 5.92 Å². The number of nitrogens with one attached hydrogen (secondary N) is 1. The van der Waals surface area contributed by atoms with Crippen LogP contribution in [0.1, 0.15) is 31.5 Å². The largest absolute Gasteiger partial charge is 0.348 e. The van der Waals surface area contributed by atoms with Crippen molar-refractivity contribution in [2.45, 2.75) is 31.5 Å². The van der Waals surface area contributed by atoms with Gasteiger partial charge in [-0.05, 0) is 12.0 Å². The van der Waals surface area contributed by atoms with Gasteiger partial charge in [-0.2, -0.15) is 0 Å². The van der Waals surface area contributed by atoms with Crippen molar-refractivity contribution in [3.8, 4) is 0 Å². The summed E-state index contributed by atoms with van der Waals surface area (Å²) in [5.74, 6) is 1.27. The fourth-order valence-electron chi connectivity index (χ4n) is 3.97. The van der Waals surface area contributed by atoms with Crippen LogP contribution >= 0.6 is 0 Å². The summed E-state index contributed by atoms with van der Waals surface area (Å²) in [5.41, 5.74) is 2.64. The molecule has 1 aliphatic carbocycles. The molecular formula is C15H17N5O2. The smallest absolute Gasteiger partial charge is 0.179 e. The number of rotatable bonds is 1. The topological polar surface area (TPSA) is 77.3 Å². The molecule has 22 heavy (non-hydrogen) atoms. The van der Waals surface area contributed by atoms with E-state index in [0.717, 1.165) is 35.5 Å². The number of hydrogen-bond donors (Lipinski definition) is 1. The number of hydrogen-bond acceptors (Lipinski definition) is 5. The maximum absolute atomic E-state index is 5.89. The Labute approximate surface area is 126 Å². The molecule has 3 aromatic heterocycles. The standard InChI is InChI=1S/C15H17N5O2/c1-9-6-15(21-4-5-22-15)7-10(9)14-19-18-12-8-17-13-11(20(12)14)2-3-16-13/h2-3,8-10,16H,4-7H2,1H3/t9-,10+/m1/s1. The molecule has 1 saturated carbocycles. The first-order valence-corrected chi connectivity index (χ1v) is 7.71. The number of aromatic nitrogens is 5. The average Bonchev–Trinajstić information content (AvgIpc) is 3.26. The van der Waals surface area contributed by atoms with Crippen molar-refractivity contribution in [1.29, 1.82) is 0 Å². The van der Waals surface area contributed by atoms with E-state index in [4.69, 9.17) is 9.47 Å². The predicted octanol–water partition coefficient (Wildman–Crippen LogP) is 1.86. The highest BCUT2D eigenvalue weighted by Gasteiger charge is 2.49. The monoisotopic (exact) mass is 299 g/mol. The molecule has 1 aliphatic heterocycles. The van der Waals surface area contributed by atoms with Gasteiger partial charge in [0.05, 0.1) is 24.9 Å². The lowest BCUT2D eigenvalue weighted by atomic mass is 9.97. The zero-order valence-electron chi connectivity index (χ0n) is 12.3. The van der Waals surface area contributed by atoms with Crippen LogP contribution in [0.5, 0.6) is 0 Å². The molecule has 1 N–H and O–H groups in total. The highest BCUT2D eigenvalue weighted by molar-refractivity contribution is 5.74. The quantitative estimate of drug-likeness (QED) is 0.742. The zero-order valence-corrected chi connectivity index (χ0v) is 12.3. The van der Waals surface area contributed by atoms with E-state index in [2.05, 4.69) is 31.5 Å². The van der Waals surface area contributed by atoms with E-state index in [0.29, 0.717) is 19.1 Å². The van der Waals surface area contributed by atoms with Crippen molar-refractivity contribution < 1.29 is 9.47 Å². The number of aromatic amines is 1. The van der Waals surface area contributed by atoms with Crippen molar-refractivity contribution in [3.05, 3.63) is 24.3 Å². The van der Waals surface area contributed by atoms with Gasteiger partial charge in [0, 0.05) is 25.0 Å². The zero-order chi connectivity index (χ0) is 14.7. The first-order valence-electron chi connectivity index (χ1n) is 7.71. The molecule has 5 rings (SSSR count). The molecule has 3 aromatic rings. The van der Waals surface area contributed by atoms with Gasteiger partial charge < -0.3 is 14.5 Å². The second-order valence-electron chi connectivity index (χ2n) is 6.32. The summed E-state index contributed by atoms with van der Waals surface area (Å²) in [7, 11) is 0. The number of nitrogens with zero attached hydrogens (tertiary/aromatic N) is 4. The van der Waals surface area contributed by atoms with E-state index >= 15 is 0 Å². The molecule has 4 heterocycles. The first-order chi connectivity index (χ1) is 10.8. The third-order valence-corrected chi connectivity index (χ3v) is 4.96. The summed E-state index contributed by atoms with van der Waals surface area (Å²) in [6.07, 6.45) is 5.40. The molecule has 1 saturated heterocycles. The van der Waals surface area contributed by atoms with Crippen LogP contribution < -0.4 is 0 Å². The van der Waals surface area contributed by atoms with E-state index < -0.39 is 5.79 Å². The molecule has 0 bridgehead atoms. The molecule has 0 amide bonds. The maximum Gasteiger partial charge on any atom is 0.179 e. The van der Waals surface area contributed by atoms with Gasteiger partial charge in [-0.15, -0.1) is 10.2 Å². The fourth-order valence-corrected chi connectivity index (χ4v) is 3.97.